The summed E-state index contributed by atoms with van der Waals surface area (Å²) in [6.07, 6.45) is 2.89. The van der Waals surface area contributed by atoms with Crippen molar-refractivity contribution in [1.29, 1.82) is 0 Å². The van der Waals surface area contributed by atoms with Crippen molar-refractivity contribution in [3.63, 3.8) is 0 Å². The van der Waals surface area contributed by atoms with Crippen molar-refractivity contribution in [2.45, 2.75) is 56.4 Å². The topological polar surface area (TPSA) is 54.0 Å². The summed E-state index contributed by atoms with van der Waals surface area (Å²) in [7, 11) is 0. The van der Waals surface area contributed by atoms with E-state index < -0.39 is 6.10 Å². The molecule has 3 aliphatic heterocycles. The summed E-state index contributed by atoms with van der Waals surface area (Å²) in [4.78, 5) is 2.36. The highest BCUT2D eigenvalue weighted by Gasteiger charge is 2.51. The molecule has 3 fully saturated rings. The number of benzene rings is 1. The van der Waals surface area contributed by atoms with Crippen LogP contribution in [0.4, 0.5) is 0 Å². The van der Waals surface area contributed by atoms with Crippen LogP contribution in [-0.4, -0.2) is 60.3 Å². The number of nitrogens with zero attached hydrogens (tertiary/aromatic N) is 1. The lowest BCUT2D eigenvalue weighted by Crippen LogP contribution is -2.64. The third kappa shape index (κ3) is 3.16. The second kappa shape index (κ2) is 6.87. The van der Waals surface area contributed by atoms with Crippen LogP contribution < -0.4 is 5.32 Å². The van der Waals surface area contributed by atoms with Gasteiger partial charge in [0, 0.05) is 6.54 Å². The number of aliphatic hydroxyl groups excluding tert-OH is 1. The van der Waals surface area contributed by atoms with Crippen molar-refractivity contribution in [1.82, 2.24) is 10.2 Å². The lowest BCUT2D eigenvalue weighted by Gasteiger charge is -2.45. The van der Waals surface area contributed by atoms with Crippen LogP contribution in [0, 0.1) is 0 Å². The number of fused-ring (bicyclic) bond motifs is 2. The first-order valence-electron chi connectivity index (χ1n) is 8.79. The van der Waals surface area contributed by atoms with Gasteiger partial charge in [-0.3, -0.25) is 4.90 Å². The number of likely N-dealkylation sites (tertiary alicyclic amines) is 1. The first-order chi connectivity index (χ1) is 11.3. The first-order valence-corrected chi connectivity index (χ1v) is 8.79. The maximum atomic E-state index is 11.0. The van der Waals surface area contributed by atoms with Crippen LogP contribution in [0.2, 0.25) is 0 Å². The maximum Gasteiger partial charge on any atom is 0.176 e. The molecule has 5 heteroatoms. The van der Waals surface area contributed by atoms with E-state index in [2.05, 4.69) is 22.3 Å². The van der Waals surface area contributed by atoms with Gasteiger partial charge in [0.25, 0.3) is 0 Å². The van der Waals surface area contributed by atoms with Gasteiger partial charge in [-0.2, -0.15) is 0 Å². The van der Waals surface area contributed by atoms with Gasteiger partial charge in [0.15, 0.2) is 6.29 Å². The Labute approximate surface area is 137 Å². The molecule has 5 atom stereocenters. The molecule has 0 saturated carbocycles. The fraction of sp³-hybridized carbons (Fsp3) is 0.667. The number of hydrogen-bond acceptors (Lipinski definition) is 5. The van der Waals surface area contributed by atoms with Gasteiger partial charge in [-0.25, -0.2) is 0 Å². The van der Waals surface area contributed by atoms with E-state index in [0.717, 1.165) is 19.6 Å². The fourth-order valence-corrected chi connectivity index (χ4v) is 4.09. The number of ether oxygens (including phenoxy) is 2. The highest BCUT2D eigenvalue weighted by Crippen LogP contribution is 2.32. The van der Waals surface area contributed by atoms with E-state index in [1.807, 2.05) is 18.2 Å². The Balaban J connectivity index is 1.45. The predicted octanol–water partition coefficient (Wildman–Crippen LogP) is 1.12. The van der Waals surface area contributed by atoms with Crippen LogP contribution in [0.5, 0.6) is 0 Å². The normalized spacial score (nSPS) is 37.9. The van der Waals surface area contributed by atoms with Gasteiger partial charge in [0.1, 0.15) is 6.10 Å². The third-order valence-corrected chi connectivity index (χ3v) is 5.33. The van der Waals surface area contributed by atoms with Crippen molar-refractivity contribution in [2.75, 3.05) is 19.7 Å². The van der Waals surface area contributed by atoms with Crippen LogP contribution >= 0.6 is 0 Å². The molecule has 0 spiro atoms. The molecule has 2 bridgehead atoms. The molecule has 23 heavy (non-hydrogen) atoms. The van der Waals surface area contributed by atoms with Gasteiger partial charge < -0.3 is 19.9 Å². The molecule has 0 aliphatic carbocycles. The van der Waals surface area contributed by atoms with E-state index in [9.17, 15) is 5.11 Å². The second-order valence-electron chi connectivity index (χ2n) is 6.85. The molecule has 3 heterocycles. The Bertz CT molecular complexity index is 506. The van der Waals surface area contributed by atoms with Crippen LogP contribution in [0.3, 0.4) is 0 Å². The molecule has 0 aromatic heterocycles. The summed E-state index contributed by atoms with van der Waals surface area (Å²) >= 11 is 0. The number of piperidine rings is 1. The lowest BCUT2D eigenvalue weighted by molar-refractivity contribution is -0.184. The summed E-state index contributed by atoms with van der Waals surface area (Å²) in [5.74, 6) is 0. The summed E-state index contributed by atoms with van der Waals surface area (Å²) < 4.78 is 11.9. The van der Waals surface area contributed by atoms with E-state index in [-0.39, 0.29) is 24.5 Å². The van der Waals surface area contributed by atoms with E-state index in [0.29, 0.717) is 6.61 Å². The number of hydrogen-bond donors (Lipinski definition) is 2. The Kier molecular flexibility index (Phi) is 4.64. The molecule has 0 unspecified atom stereocenters. The fourth-order valence-electron chi connectivity index (χ4n) is 4.09. The minimum absolute atomic E-state index is 0.0534. The van der Waals surface area contributed by atoms with Gasteiger partial charge in [-0.15, -0.1) is 0 Å². The van der Waals surface area contributed by atoms with Gasteiger partial charge in [0.2, 0.25) is 0 Å². The molecular formula is C18H26N2O3. The smallest absolute Gasteiger partial charge is 0.176 e. The zero-order valence-corrected chi connectivity index (χ0v) is 13.4. The summed E-state index contributed by atoms with van der Waals surface area (Å²) in [5.41, 5.74) is 1.22. The third-order valence-electron chi connectivity index (χ3n) is 5.33. The maximum absolute atomic E-state index is 11.0. The van der Waals surface area contributed by atoms with Crippen LogP contribution in [0.15, 0.2) is 30.3 Å². The zero-order chi connectivity index (χ0) is 15.6. The van der Waals surface area contributed by atoms with Gasteiger partial charge in [-0.05, 0) is 31.5 Å². The molecule has 126 valence electrons. The van der Waals surface area contributed by atoms with Crippen LogP contribution in [0.1, 0.15) is 24.8 Å². The summed E-state index contributed by atoms with van der Waals surface area (Å²) in [5, 5.41) is 14.5. The highest BCUT2D eigenvalue weighted by molar-refractivity contribution is 5.15. The quantitative estimate of drug-likeness (QED) is 0.871. The molecule has 4 rings (SSSR count). The Hall–Kier alpha value is -0.980. The average Bonchev–Trinajstić information content (AvgIpc) is 3.02. The highest BCUT2D eigenvalue weighted by atomic mass is 16.7. The Morgan fingerprint density at radius 2 is 1.91 bits per heavy atom. The molecule has 5 nitrogen and oxygen atoms in total. The number of aliphatic hydroxyl groups is 1. The van der Waals surface area contributed by atoms with Crippen molar-refractivity contribution < 1.29 is 14.6 Å². The minimum atomic E-state index is -0.455. The van der Waals surface area contributed by atoms with Gasteiger partial charge in [-0.1, -0.05) is 36.8 Å². The first kappa shape index (κ1) is 15.5. The molecule has 3 aliphatic rings. The van der Waals surface area contributed by atoms with E-state index in [4.69, 9.17) is 9.47 Å². The second-order valence-corrected chi connectivity index (χ2v) is 6.85. The molecule has 1 aromatic rings. The largest absolute Gasteiger partial charge is 0.390 e. The van der Waals surface area contributed by atoms with Crippen molar-refractivity contribution in [2.24, 2.45) is 0 Å². The van der Waals surface area contributed by atoms with E-state index in [1.165, 1.54) is 24.8 Å². The van der Waals surface area contributed by atoms with Crippen molar-refractivity contribution in [3.8, 4) is 0 Å². The Morgan fingerprint density at radius 1 is 1.13 bits per heavy atom. The molecule has 1 aromatic carbocycles. The predicted molar refractivity (Wildman–Crippen MR) is 86.9 cm³/mol. The standard InChI is InChI=1S/C18H26N2O3/c21-17-15(19-11-13-7-3-1-4-8-13)14-12-22-18(23-14)16(17)20-9-5-2-6-10-20/h1,3-4,7-8,14-19,21H,2,5-6,9-12H2/t14-,15-,16+,17-,18+/m0/s1. The molecule has 0 amide bonds. The number of nitrogens with one attached hydrogen (secondary N) is 1. The van der Waals surface area contributed by atoms with Crippen molar-refractivity contribution in [3.05, 3.63) is 35.9 Å². The number of rotatable bonds is 4. The summed E-state index contributed by atoms with van der Waals surface area (Å²) in [6, 6.07) is 10.2. The van der Waals surface area contributed by atoms with Crippen molar-refractivity contribution >= 4 is 0 Å². The van der Waals surface area contributed by atoms with Gasteiger partial charge >= 0.3 is 0 Å². The Morgan fingerprint density at radius 3 is 2.70 bits per heavy atom. The molecular weight excluding hydrogens is 292 g/mol. The monoisotopic (exact) mass is 318 g/mol. The zero-order valence-electron chi connectivity index (χ0n) is 13.4. The average molecular weight is 318 g/mol. The molecule has 2 N–H and O–H groups in total. The molecule has 0 radical (unpaired) electrons. The minimum Gasteiger partial charge on any atom is -0.390 e. The molecule has 3 saturated heterocycles. The van der Waals surface area contributed by atoms with E-state index >= 15 is 0 Å². The van der Waals surface area contributed by atoms with Gasteiger partial charge in [0.05, 0.1) is 24.8 Å². The van der Waals surface area contributed by atoms with Crippen LogP contribution in [-0.2, 0) is 16.0 Å². The van der Waals surface area contributed by atoms with E-state index in [1.54, 1.807) is 0 Å². The van der Waals surface area contributed by atoms with Crippen LogP contribution in [0.25, 0.3) is 0 Å². The lowest BCUT2D eigenvalue weighted by atomic mass is 9.93. The summed E-state index contributed by atoms with van der Waals surface area (Å²) in [6.45, 7) is 3.36. The SMILES string of the molecule is O[C@H]1[C@@H](NCc2ccccc2)[C@@H]2CO[C@H](O2)[C@@H]1N1CCCCC1.